The number of carboxylic acid groups (broad SMARTS) is 1. The number of aliphatic carboxylic acids is 1. The van der Waals surface area contributed by atoms with Gasteiger partial charge in [-0.15, -0.1) is 0 Å². The normalized spacial score (nSPS) is 24.7. The summed E-state index contributed by atoms with van der Waals surface area (Å²) in [6, 6.07) is 12.6. The first-order chi connectivity index (χ1) is 30.9. The van der Waals surface area contributed by atoms with Crippen LogP contribution in [0, 0.1) is 0 Å². The van der Waals surface area contributed by atoms with E-state index in [4.69, 9.17) is 72.5 Å². The van der Waals surface area contributed by atoms with E-state index in [1.54, 1.807) is 64.8 Å². The number of allylic oxidation sites excluding steroid dienone is 1. The molecular weight excluding hydrogens is 1360 g/mol. The van der Waals surface area contributed by atoms with Crippen molar-refractivity contribution in [1.29, 1.82) is 0 Å². The number of aliphatic hydroxyl groups is 6. The predicted molar refractivity (Wildman–Crippen MR) is 293 cm³/mol. The molecule has 6 aromatic rings. The van der Waals surface area contributed by atoms with Gasteiger partial charge in [0.2, 0.25) is 0 Å². The van der Waals surface area contributed by atoms with Crippen LogP contribution < -0.4 is 11.5 Å². The van der Waals surface area contributed by atoms with Crippen molar-refractivity contribution in [2.24, 2.45) is 0 Å². The molecule has 2 aliphatic rings. The van der Waals surface area contributed by atoms with Crippen LogP contribution >= 0.6 is 106 Å². The molecule has 6 heterocycles. The van der Waals surface area contributed by atoms with Gasteiger partial charge in [-0.1, -0.05) is 86.9 Å². The number of nitrogens with zero attached hydrogens (tertiary/aromatic N) is 6. The van der Waals surface area contributed by atoms with Crippen LogP contribution in [0.5, 0.6) is 0 Å². The van der Waals surface area contributed by atoms with Crippen molar-refractivity contribution in [1.82, 2.24) is 29.1 Å². The number of hydrogen-bond donors (Lipinski definition) is 9. The van der Waals surface area contributed by atoms with Crippen LogP contribution in [-0.2, 0) is 19.2 Å². The van der Waals surface area contributed by atoms with Gasteiger partial charge in [-0.2, -0.15) is 0 Å². The molecule has 2 aliphatic heterocycles. The first-order valence-corrected chi connectivity index (χ1v) is 34.1. The number of aliphatic hydroxyl groups excluding tert-OH is 4. The van der Waals surface area contributed by atoms with Gasteiger partial charge < -0.3 is 65.8 Å². The maximum absolute atomic E-state index is 10.9. The van der Waals surface area contributed by atoms with Crippen molar-refractivity contribution in [3.8, 4) is 0 Å². The molecule has 0 aliphatic carbocycles. The van der Waals surface area contributed by atoms with Crippen LogP contribution in [-0.4, -0.2) is 106 Å². The predicted octanol–water partition coefficient (Wildman–Crippen LogP) is 9.34. The van der Waals surface area contributed by atoms with E-state index in [9.17, 15) is 35.4 Å². The van der Waals surface area contributed by atoms with Gasteiger partial charge in [-0.3, -0.25) is 0 Å². The van der Waals surface area contributed by atoms with Crippen molar-refractivity contribution in [3.05, 3.63) is 117 Å². The second kappa shape index (κ2) is 26.9. The second-order valence-corrected chi connectivity index (χ2v) is 51.9. The molecule has 0 radical (unpaired) electrons. The Morgan fingerprint density at radius 3 is 1.35 bits per heavy atom. The number of anilines is 2. The fourth-order valence-electron chi connectivity index (χ4n) is 7.14. The molecular formula is C43H54Cl4I3N8O10V. The molecule has 0 unspecified atom stereocenters. The van der Waals surface area contributed by atoms with E-state index in [1.807, 2.05) is 0 Å². The Balaban J connectivity index is 0.000000382. The topological polar surface area (TPSA) is 291 Å². The van der Waals surface area contributed by atoms with Crippen molar-refractivity contribution in [3.63, 3.8) is 0 Å². The molecule has 0 bridgehead atoms. The zero-order chi connectivity index (χ0) is 49.0. The minimum atomic E-state index is -1.76. The number of carbonyl (C=O) groups is 1. The fourth-order valence-corrected chi connectivity index (χ4v) is 7.75. The number of rotatable bonds is 7. The molecule has 11 N–H and O–H groups in total. The van der Waals surface area contributed by atoms with E-state index in [0.717, 1.165) is 6.08 Å². The number of aromatic nitrogens is 6. The number of halogens is 7. The Bertz CT molecular complexity index is 2520. The molecule has 0 saturated carbocycles. The number of hydrogen-bond acceptors (Lipinski definition) is 15. The Kier molecular flexibility index (Phi) is 24.6. The van der Waals surface area contributed by atoms with E-state index in [1.165, 1.54) is 44.7 Å². The van der Waals surface area contributed by atoms with Crippen LogP contribution in [0.15, 0.2) is 85.7 Å². The summed E-state index contributed by atoms with van der Waals surface area (Å²) in [6.07, 6.45) is -1.05. The Hall–Kier alpha value is -1.90. The number of nitrogens with two attached hydrogens (primary N) is 2. The molecule has 8 rings (SSSR count). The SMILES string of the molecule is C.C.C.C/C=C\C(=O)O.C[C@@]1(O)[C@@H]([C@H](O)c2ccc(Cl)c(Cl)c2)O[C@@H](n2ccc3c(N)ncnc32)[C@@H]1O.C[C@@]1(O)[C@@H]([C@H](O)c2ccc(Cl)c(Cl)c2)O[C@@H](n2ccc3c(N)ncnc32)[C@@H]1O.[I][V]([I])[I]. The van der Waals surface area contributed by atoms with E-state index >= 15 is 0 Å². The number of ether oxygens (including phenoxy) is 2. The molecule has 10 atom stereocenters. The summed E-state index contributed by atoms with van der Waals surface area (Å²) in [5.74, 6) is -0.316. The van der Waals surface area contributed by atoms with E-state index < -0.39 is 66.3 Å². The molecule has 2 aromatic carbocycles. The standard InChI is InChI=1S/2C18H18Cl2N4O4.C4H6O2.3CH4.3HI.V/c2*1-18(27)13(26)17(24-5-4-9-15(21)22-7-23-16(9)24)28-14(18)12(25)8-2-3-10(19)11(20)6-8;1-2-3-4(5)6;;;;;;;/h2*2-7,12-14,17,25-27H,1H3,(H2,21,22,23);2-3H,1H3,(H,5,6);3*1H4;3*1H;/q;;;;;;;;;+3/p-3/b;;3-2-;;;;;;;/t2*12-,13+,14-,17-,18+;;;;;;;;/m11......../s1. The quantitative estimate of drug-likeness (QED) is 0.0531. The van der Waals surface area contributed by atoms with Gasteiger partial charge in [-0.05, 0) is 68.3 Å². The van der Waals surface area contributed by atoms with Crippen molar-refractivity contribution >= 4 is 146 Å². The van der Waals surface area contributed by atoms with Gasteiger partial charge in [0.25, 0.3) is 0 Å². The molecule has 18 nitrogen and oxygen atoms in total. The first-order valence-electron chi connectivity index (χ1n) is 19.1. The van der Waals surface area contributed by atoms with Crippen LogP contribution in [0.1, 0.15) is 78.8 Å². The molecule has 26 heteroatoms. The van der Waals surface area contributed by atoms with Crippen molar-refractivity contribution in [2.45, 2.75) is 103 Å². The second-order valence-electron chi connectivity index (χ2n) is 14.9. The Morgan fingerprint density at radius 2 is 1.06 bits per heavy atom. The van der Waals surface area contributed by atoms with Crippen LogP contribution in [0.4, 0.5) is 11.6 Å². The van der Waals surface area contributed by atoms with Gasteiger partial charge in [0.1, 0.15) is 83.4 Å². The minimum absolute atomic E-state index is 0. The Morgan fingerprint density at radius 1 is 0.710 bits per heavy atom. The van der Waals surface area contributed by atoms with Gasteiger partial charge in [0, 0.05) is 18.5 Å². The third-order valence-corrected chi connectivity index (χ3v) is 12.0. The summed E-state index contributed by atoms with van der Waals surface area (Å²) in [7, 11) is 0. The van der Waals surface area contributed by atoms with Crippen LogP contribution in [0.2, 0.25) is 20.1 Å². The number of fused-ring (bicyclic) bond motifs is 2. The summed E-state index contributed by atoms with van der Waals surface area (Å²) in [6.45, 7) is 4.46. The molecule has 4 aromatic heterocycles. The summed E-state index contributed by atoms with van der Waals surface area (Å²) < 4.78 is 14.9. The van der Waals surface area contributed by atoms with Gasteiger partial charge in [0.05, 0.1) is 30.9 Å². The molecule has 380 valence electrons. The summed E-state index contributed by atoms with van der Waals surface area (Å²) in [4.78, 5) is 25.5. The first kappa shape index (κ1) is 63.2. The third-order valence-electron chi connectivity index (χ3n) is 10.5. The van der Waals surface area contributed by atoms with Gasteiger partial charge in [0.15, 0.2) is 12.5 Å². The molecule has 0 spiro atoms. The monoisotopic (exact) mass is 1410 g/mol. The summed E-state index contributed by atoms with van der Waals surface area (Å²) >= 11 is 31.3. The number of benzene rings is 2. The zero-order valence-electron chi connectivity index (χ0n) is 34.5. The Labute approximate surface area is 457 Å². The average Bonchev–Trinajstić information content (AvgIpc) is 3.99. The van der Waals surface area contributed by atoms with E-state index in [0.29, 0.717) is 43.2 Å². The average molecular weight is 1420 g/mol. The zero-order valence-corrected chi connectivity index (χ0v) is 45.4. The van der Waals surface area contributed by atoms with Crippen LogP contribution in [0.25, 0.3) is 22.1 Å². The molecule has 0 amide bonds. The molecule has 69 heavy (non-hydrogen) atoms. The van der Waals surface area contributed by atoms with E-state index in [2.05, 4.69) is 79.9 Å². The summed E-state index contributed by atoms with van der Waals surface area (Å²) in [5, 5.41) is 75.1. The van der Waals surface area contributed by atoms with Crippen LogP contribution in [0.3, 0.4) is 0 Å². The molecule has 2 saturated heterocycles. The van der Waals surface area contributed by atoms with Crippen molar-refractivity contribution in [2.75, 3.05) is 11.5 Å². The fraction of sp³-hybridized carbons (Fsp3) is 0.372. The van der Waals surface area contributed by atoms with Gasteiger partial charge in [-0.25, -0.2) is 24.7 Å². The molecule has 2 fully saturated rings. The maximum atomic E-state index is 10.9. The third kappa shape index (κ3) is 14.5. The van der Waals surface area contributed by atoms with Gasteiger partial charge >= 0.3 is 70.8 Å². The van der Waals surface area contributed by atoms with E-state index in [-0.39, 0.29) is 48.9 Å². The number of nitrogen functional groups attached to an aromatic ring is 2. The number of carboxylic acids is 1. The summed E-state index contributed by atoms with van der Waals surface area (Å²) in [5.41, 5.74) is 9.87. The van der Waals surface area contributed by atoms with Crippen molar-refractivity contribution < 1.29 is 54.9 Å².